The predicted molar refractivity (Wildman–Crippen MR) is 110 cm³/mol. The van der Waals surface area contributed by atoms with Crippen LogP contribution in [0.1, 0.15) is 18.2 Å². The Labute approximate surface area is 171 Å². The maximum Gasteiger partial charge on any atom is 0.433 e. The van der Waals surface area contributed by atoms with Gasteiger partial charge in [-0.2, -0.15) is 13.2 Å². The standard InChI is InChI=1S/C20H20F3N7/c1-11-7-14(13-3-4-17(27-10-13)28-12(2)18(24)25)9-15(8-11)29-19-26-6-5-16(30-19)20(21,22)23/h3-10,12H,1-2H3,(H3,24,25)(H,27,28)(H,26,29,30). The molecular formula is C20H20F3N7. The molecule has 3 rings (SSSR count). The van der Waals surface area contributed by atoms with Crippen LogP contribution in [-0.2, 0) is 6.18 Å². The van der Waals surface area contributed by atoms with Gasteiger partial charge in [-0.1, -0.05) is 6.07 Å². The number of nitrogens with two attached hydrogens (primary N) is 1. The molecule has 7 nitrogen and oxygen atoms in total. The lowest BCUT2D eigenvalue weighted by Crippen LogP contribution is -2.32. The molecular weight excluding hydrogens is 395 g/mol. The zero-order valence-electron chi connectivity index (χ0n) is 16.2. The van der Waals surface area contributed by atoms with Crippen LogP contribution in [0.3, 0.4) is 0 Å². The topological polar surface area (TPSA) is 113 Å². The summed E-state index contributed by atoms with van der Waals surface area (Å²) in [7, 11) is 0. The first-order chi connectivity index (χ1) is 14.1. The van der Waals surface area contributed by atoms with Gasteiger partial charge in [0.15, 0.2) is 0 Å². The van der Waals surface area contributed by atoms with Crippen molar-refractivity contribution in [1.82, 2.24) is 15.0 Å². The lowest BCUT2D eigenvalue weighted by atomic mass is 10.0. The average Bonchev–Trinajstić information content (AvgIpc) is 2.67. The fraction of sp³-hybridized carbons (Fsp3) is 0.200. The predicted octanol–water partition coefficient (Wildman–Crippen LogP) is 4.35. The second-order valence-corrected chi connectivity index (χ2v) is 6.73. The second kappa shape index (κ2) is 8.36. The van der Waals surface area contributed by atoms with Crippen LogP contribution in [0, 0.1) is 12.3 Å². The summed E-state index contributed by atoms with van der Waals surface area (Å²) in [6.07, 6.45) is -1.82. The lowest BCUT2D eigenvalue weighted by molar-refractivity contribution is -0.141. The number of anilines is 3. The minimum absolute atomic E-state index is 0.00656. The van der Waals surface area contributed by atoms with Gasteiger partial charge in [-0.05, 0) is 55.3 Å². The molecule has 10 heteroatoms. The van der Waals surface area contributed by atoms with Gasteiger partial charge in [-0.15, -0.1) is 0 Å². The summed E-state index contributed by atoms with van der Waals surface area (Å²) in [4.78, 5) is 11.7. The van der Waals surface area contributed by atoms with E-state index in [0.29, 0.717) is 11.5 Å². The van der Waals surface area contributed by atoms with Crippen molar-refractivity contribution in [2.24, 2.45) is 5.73 Å². The Balaban J connectivity index is 1.83. The number of nitrogens with zero attached hydrogens (tertiary/aromatic N) is 3. The maximum atomic E-state index is 12.9. The first-order valence-corrected chi connectivity index (χ1v) is 8.97. The molecule has 30 heavy (non-hydrogen) atoms. The van der Waals surface area contributed by atoms with Crippen LogP contribution >= 0.6 is 0 Å². The molecule has 1 aromatic carbocycles. The van der Waals surface area contributed by atoms with Crippen molar-refractivity contribution in [3.05, 3.63) is 60.0 Å². The van der Waals surface area contributed by atoms with Crippen LogP contribution in [0.4, 0.5) is 30.6 Å². The lowest BCUT2D eigenvalue weighted by Gasteiger charge is -2.13. The Bertz CT molecular complexity index is 1050. The van der Waals surface area contributed by atoms with Crippen LogP contribution in [0.5, 0.6) is 0 Å². The highest BCUT2D eigenvalue weighted by molar-refractivity contribution is 5.84. The van der Waals surface area contributed by atoms with E-state index in [9.17, 15) is 13.2 Å². The molecule has 0 saturated heterocycles. The van der Waals surface area contributed by atoms with Gasteiger partial charge in [0.05, 0.1) is 6.04 Å². The van der Waals surface area contributed by atoms with E-state index in [1.54, 1.807) is 31.3 Å². The van der Waals surface area contributed by atoms with Crippen LogP contribution in [0.25, 0.3) is 11.1 Å². The molecule has 0 aliphatic heterocycles. The molecule has 0 bridgehead atoms. The highest BCUT2D eigenvalue weighted by Gasteiger charge is 2.32. The number of aryl methyl sites for hydroxylation is 1. The number of nitrogens with one attached hydrogen (secondary N) is 3. The van der Waals surface area contributed by atoms with Gasteiger partial charge < -0.3 is 16.4 Å². The number of aromatic nitrogens is 3. The molecule has 2 heterocycles. The monoisotopic (exact) mass is 415 g/mol. The van der Waals surface area contributed by atoms with E-state index >= 15 is 0 Å². The van der Waals surface area contributed by atoms with Gasteiger partial charge in [-0.3, -0.25) is 5.41 Å². The van der Waals surface area contributed by atoms with E-state index in [4.69, 9.17) is 11.1 Å². The third-order valence-corrected chi connectivity index (χ3v) is 4.21. The Morgan fingerprint density at radius 1 is 1.10 bits per heavy atom. The second-order valence-electron chi connectivity index (χ2n) is 6.73. The van der Waals surface area contributed by atoms with E-state index in [2.05, 4.69) is 25.6 Å². The smallest absolute Gasteiger partial charge is 0.386 e. The minimum Gasteiger partial charge on any atom is -0.386 e. The van der Waals surface area contributed by atoms with Crippen molar-refractivity contribution in [3.8, 4) is 11.1 Å². The normalized spacial score (nSPS) is 12.3. The van der Waals surface area contributed by atoms with Gasteiger partial charge in [-0.25, -0.2) is 15.0 Å². The van der Waals surface area contributed by atoms with Crippen LogP contribution in [0.15, 0.2) is 48.8 Å². The number of halogens is 3. The third kappa shape index (κ3) is 5.22. The van der Waals surface area contributed by atoms with Crippen molar-refractivity contribution < 1.29 is 13.2 Å². The van der Waals surface area contributed by atoms with Gasteiger partial charge >= 0.3 is 6.18 Å². The first-order valence-electron chi connectivity index (χ1n) is 8.97. The van der Waals surface area contributed by atoms with Gasteiger partial charge in [0, 0.05) is 23.6 Å². The third-order valence-electron chi connectivity index (χ3n) is 4.21. The quantitative estimate of drug-likeness (QED) is 0.352. The Morgan fingerprint density at radius 3 is 2.50 bits per heavy atom. The Hall–Kier alpha value is -3.69. The molecule has 1 unspecified atom stereocenters. The summed E-state index contributed by atoms with van der Waals surface area (Å²) >= 11 is 0. The molecule has 5 N–H and O–H groups in total. The highest BCUT2D eigenvalue weighted by atomic mass is 19.4. The number of pyridine rings is 1. The van der Waals surface area contributed by atoms with Gasteiger partial charge in [0.2, 0.25) is 5.95 Å². The van der Waals surface area contributed by atoms with Crippen molar-refractivity contribution in [1.29, 1.82) is 5.41 Å². The molecule has 0 radical (unpaired) electrons. The number of rotatable bonds is 6. The van der Waals surface area contributed by atoms with Crippen molar-refractivity contribution in [2.45, 2.75) is 26.1 Å². The van der Waals surface area contributed by atoms with E-state index in [0.717, 1.165) is 29.0 Å². The summed E-state index contributed by atoms with van der Waals surface area (Å²) in [5.41, 5.74) is 7.52. The zero-order chi connectivity index (χ0) is 21.9. The van der Waals surface area contributed by atoms with Gasteiger partial charge in [0.25, 0.3) is 0 Å². The number of hydrogen-bond donors (Lipinski definition) is 4. The van der Waals surface area contributed by atoms with E-state index in [1.165, 1.54) is 0 Å². The van der Waals surface area contributed by atoms with Crippen LogP contribution < -0.4 is 16.4 Å². The highest BCUT2D eigenvalue weighted by Crippen LogP contribution is 2.29. The fourth-order valence-corrected chi connectivity index (χ4v) is 2.68. The van der Waals surface area contributed by atoms with Crippen molar-refractivity contribution in [2.75, 3.05) is 10.6 Å². The number of benzene rings is 1. The van der Waals surface area contributed by atoms with E-state index < -0.39 is 11.9 Å². The fourth-order valence-electron chi connectivity index (χ4n) is 2.68. The summed E-state index contributed by atoms with van der Waals surface area (Å²) < 4.78 is 38.6. The summed E-state index contributed by atoms with van der Waals surface area (Å²) in [5, 5.41) is 13.3. The van der Waals surface area contributed by atoms with Crippen LogP contribution in [0.2, 0.25) is 0 Å². The summed E-state index contributed by atoms with van der Waals surface area (Å²) in [6, 6.07) is 9.58. The first kappa shape index (κ1) is 21.0. The number of amidine groups is 1. The Kier molecular flexibility index (Phi) is 5.86. The number of alkyl halides is 3. The van der Waals surface area contributed by atoms with E-state index in [-0.39, 0.29) is 17.8 Å². The Morgan fingerprint density at radius 2 is 1.87 bits per heavy atom. The summed E-state index contributed by atoms with van der Waals surface area (Å²) in [5.74, 6) is 0.439. The maximum absolute atomic E-state index is 12.9. The van der Waals surface area contributed by atoms with Crippen molar-refractivity contribution >= 4 is 23.3 Å². The number of hydrogen-bond acceptors (Lipinski definition) is 6. The molecule has 0 aliphatic carbocycles. The molecule has 0 aliphatic rings. The SMILES string of the molecule is Cc1cc(Nc2nccc(C(F)(F)F)n2)cc(-c2ccc(NC(C)C(=N)N)nc2)c1. The minimum atomic E-state index is -4.54. The molecule has 0 fully saturated rings. The van der Waals surface area contributed by atoms with Crippen molar-refractivity contribution in [3.63, 3.8) is 0 Å². The van der Waals surface area contributed by atoms with E-state index in [1.807, 2.05) is 19.1 Å². The molecule has 156 valence electrons. The molecule has 0 saturated carbocycles. The molecule has 2 aromatic heterocycles. The average molecular weight is 415 g/mol. The molecule has 3 aromatic rings. The molecule has 0 amide bonds. The van der Waals surface area contributed by atoms with Crippen LogP contribution in [-0.4, -0.2) is 26.8 Å². The molecule has 1 atom stereocenters. The zero-order valence-corrected chi connectivity index (χ0v) is 16.2. The van der Waals surface area contributed by atoms with Gasteiger partial charge in [0.1, 0.15) is 17.3 Å². The largest absolute Gasteiger partial charge is 0.433 e. The summed E-state index contributed by atoms with van der Waals surface area (Å²) in [6.45, 7) is 3.63. The molecule has 0 spiro atoms.